The van der Waals surface area contributed by atoms with Crippen molar-refractivity contribution in [2.24, 2.45) is 5.41 Å². The van der Waals surface area contributed by atoms with Crippen molar-refractivity contribution in [3.8, 4) is 11.5 Å². The maximum Gasteiger partial charge on any atom is 0.254 e. The van der Waals surface area contributed by atoms with Gasteiger partial charge >= 0.3 is 0 Å². The van der Waals surface area contributed by atoms with E-state index in [1.54, 1.807) is 12.0 Å². The molecule has 0 aromatic heterocycles. The van der Waals surface area contributed by atoms with Crippen LogP contribution < -0.4 is 14.4 Å². The van der Waals surface area contributed by atoms with Crippen LogP contribution in [0.2, 0.25) is 0 Å². The third-order valence-corrected chi connectivity index (χ3v) is 7.29. The van der Waals surface area contributed by atoms with Gasteiger partial charge in [0.1, 0.15) is 0 Å². The first-order valence-corrected chi connectivity index (χ1v) is 13.1. The molecule has 3 heterocycles. The van der Waals surface area contributed by atoms with Gasteiger partial charge in [0.15, 0.2) is 11.5 Å². The normalized spacial score (nSPS) is 20.5. The molecule has 0 spiro atoms. The zero-order valence-corrected chi connectivity index (χ0v) is 21.7. The van der Waals surface area contributed by atoms with Crippen molar-refractivity contribution in [1.29, 1.82) is 0 Å². The summed E-state index contributed by atoms with van der Waals surface area (Å²) in [4.78, 5) is 29.7. The Morgan fingerprint density at radius 1 is 1.16 bits per heavy atom. The van der Waals surface area contributed by atoms with Crippen molar-refractivity contribution in [2.45, 2.75) is 45.3 Å². The van der Waals surface area contributed by atoms with Crippen molar-refractivity contribution >= 4 is 17.5 Å². The first kappa shape index (κ1) is 25.5. The molecule has 0 radical (unpaired) electrons. The first-order valence-electron chi connectivity index (χ1n) is 13.1. The van der Waals surface area contributed by atoms with Crippen LogP contribution in [0, 0.1) is 5.41 Å². The van der Waals surface area contributed by atoms with E-state index in [0.717, 1.165) is 37.1 Å². The van der Waals surface area contributed by atoms with Gasteiger partial charge in [-0.15, -0.1) is 0 Å². The molecule has 8 nitrogen and oxygen atoms in total. The number of methoxy groups -OCH3 is 1. The number of amides is 2. The van der Waals surface area contributed by atoms with Gasteiger partial charge in [-0.3, -0.25) is 9.59 Å². The fourth-order valence-electron chi connectivity index (χ4n) is 5.10. The molecule has 2 aromatic rings. The van der Waals surface area contributed by atoms with Crippen LogP contribution in [0.25, 0.3) is 0 Å². The molecule has 3 saturated heterocycles. The summed E-state index contributed by atoms with van der Waals surface area (Å²) in [7, 11) is 1.63. The number of nitrogens with zero attached hydrogens (tertiary/aromatic N) is 2. The molecule has 3 aliphatic rings. The summed E-state index contributed by atoms with van der Waals surface area (Å²) in [5.41, 5.74) is 2.30. The van der Waals surface area contributed by atoms with Gasteiger partial charge in [-0.2, -0.15) is 0 Å². The second-order valence-corrected chi connectivity index (χ2v) is 10.6. The largest absolute Gasteiger partial charge is 0.493 e. The molecule has 37 heavy (non-hydrogen) atoms. The van der Waals surface area contributed by atoms with E-state index in [0.29, 0.717) is 62.9 Å². The topological polar surface area (TPSA) is 77.5 Å². The molecule has 8 heteroatoms. The molecule has 0 saturated carbocycles. The second kappa shape index (κ2) is 11.1. The van der Waals surface area contributed by atoms with Crippen LogP contribution in [0.5, 0.6) is 11.5 Å². The van der Waals surface area contributed by atoms with E-state index in [1.807, 2.05) is 47.4 Å². The lowest BCUT2D eigenvalue weighted by atomic mass is 9.90. The van der Waals surface area contributed by atoms with E-state index in [1.165, 1.54) is 0 Å². The summed E-state index contributed by atoms with van der Waals surface area (Å²) in [6.07, 6.45) is 3.35. The number of carbonyl (C=O) groups excluding carboxylic acids is 2. The molecule has 0 bridgehead atoms. The minimum Gasteiger partial charge on any atom is -0.493 e. The SMILES string of the molecule is COc1ccc(CN(CC2CCCO2)C(=O)c2cccc(N3CCCC3=O)c2)cc1OCC1(C)COC1. The number of hydrogen-bond acceptors (Lipinski definition) is 6. The zero-order valence-electron chi connectivity index (χ0n) is 21.7. The fraction of sp³-hybridized carbons (Fsp3) is 0.517. The Kier molecular flexibility index (Phi) is 7.67. The third kappa shape index (κ3) is 5.91. The van der Waals surface area contributed by atoms with Crippen LogP contribution in [0.15, 0.2) is 42.5 Å². The number of benzene rings is 2. The quantitative estimate of drug-likeness (QED) is 0.482. The molecule has 3 aliphatic heterocycles. The summed E-state index contributed by atoms with van der Waals surface area (Å²) < 4.78 is 22.9. The van der Waals surface area contributed by atoms with Gasteiger partial charge in [-0.25, -0.2) is 0 Å². The first-order chi connectivity index (χ1) is 17.9. The van der Waals surface area contributed by atoms with Gasteiger partial charge in [0.05, 0.1) is 33.0 Å². The molecule has 0 N–H and O–H groups in total. The maximum absolute atomic E-state index is 13.8. The van der Waals surface area contributed by atoms with Gasteiger partial charge < -0.3 is 28.7 Å². The Labute approximate surface area is 218 Å². The van der Waals surface area contributed by atoms with Crippen LogP contribution in [0.3, 0.4) is 0 Å². The number of ether oxygens (including phenoxy) is 4. The minimum atomic E-state index is -0.0820. The standard InChI is InChI=1S/C29H36N2O6/c1-29(18-35-19-29)20-37-26-14-21(10-11-25(26)34-2)16-30(17-24-8-5-13-36-24)28(33)22-6-3-7-23(15-22)31-12-4-9-27(31)32/h3,6-7,10-11,14-15,24H,4-5,8-9,12-13,16-20H2,1-2H3. The third-order valence-electron chi connectivity index (χ3n) is 7.29. The molecule has 1 atom stereocenters. The average molecular weight is 509 g/mol. The Bertz CT molecular complexity index is 1130. The molecule has 3 fully saturated rings. The second-order valence-electron chi connectivity index (χ2n) is 10.6. The van der Waals surface area contributed by atoms with Gasteiger partial charge in [0.2, 0.25) is 5.91 Å². The number of hydrogen-bond donors (Lipinski definition) is 0. The highest BCUT2D eigenvalue weighted by molar-refractivity contribution is 5.99. The number of rotatable bonds is 10. The summed E-state index contributed by atoms with van der Waals surface area (Å²) in [6, 6.07) is 13.2. The molecular formula is C29H36N2O6. The number of anilines is 1. The van der Waals surface area contributed by atoms with Crippen molar-refractivity contribution in [3.63, 3.8) is 0 Å². The number of carbonyl (C=O) groups is 2. The highest BCUT2D eigenvalue weighted by Gasteiger charge is 2.34. The molecule has 2 amide bonds. The summed E-state index contributed by atoms with van der Waals surface area (Å²) in [6.45, 7) is 6.36. The Morgan fingerprint density at radius 2 is 2.03 bits per heavy atom. The molecule has 0 aliphatic carbocycles. The Balaban J connectivity index is 1.36. The van der Waals surface area contributed by atoms with Crippen molar-refractivity contribution in [2.75, 3.05) is 51.5 Å². The monoisotopic (exact) mass is 508 g/mol. The lowest BCUT2D eigenvalue weighted by Gasteiger charge is -2.37. The Hall–Kier alpha value is -3.10. The van der Waals surface area contributed by atoms with Gasteiger partial charge in [0.25, 0.3) is 5.91 Å². The lowest BCUT2D eigenvalue weighted by molar-refractivity contribution is -0.120. The van der Waals surface area contributed by atoms with E-state index < -0.39 is 0 Å². The van der Waals surface area contributed by atoms with Gasteiger partial charge in [0, 0.05) is 49.3 Å². The minimum absolute atomic E-state index is 0.00453. The van der Waals surface area contributed by atoms with Crippen molar-refractivity contribution in [1.82, 2.24) is 4.90 Å². The lowest BCUT2D eigenvalue weighted by Crippen LogP contribution is -2.44. The molecule has 5 rings (SSSR count). The van der Waals surface area contributed by atoms with Crippen LogP contribution >= 0.6 is 0 Å². The molecular weight excluding hydrogens is 472 g/mol. The van der Waals surface area contributed by atoms with E-state index in [-0.39, 0.29) is 23.3 Å². The van der Waals surface area contributed by atoms with E-state index in [2.05, 4.69) is 6.92 Å². The molecule has 198 valence electrons. The Morgan fingerprint density at radius 3 is 2.70 bits per heavy atom. The van der Waals surface area contributed by atoms with E-state index in [9.17, 15) is 9.59 Å². The summed E-state index contributed by atoms with van der Waals surface area (Å²) >= 11 is 0. The highest BCUT2D eigenvalue weighted by atomic mass is 16.5. The van der Waals surface area contributed by atoms with Crippen LogP contribution in [-0.4, -0.2) is 69.4 Å². The highest BCUT2D eigenvalue weighted by Crippen LogP contribution is 2.33. The maximum atomic E-state index is 13.8. The molecule has 1 unspecified atom stereocenters. The van der Waals surface area contributed by atoms with Gasteiger partial charge in [-0.1, -0.05) is 19.1 Å². The average Bonchev–Trinajstić information content (AvgIpc) is 3.57. The predicted molar refractivity (Wildman–Crippen MR) is 139 cm³/mol. The van der Waals surface area contributed by atoms with Crippen LogP contribution in [0.1, 0.15) is 48.5 Å². The van der Waals surface area contributed by atoms with Crippen LogP contribution in [0.4, 0.5) is 5.69 Å². The van der Waals surface area contributed by atoms with E-state index >= 15 is 0 Å². The smallest absolute Gasteiger partial charge is 0.254 e. The zero-order chi connectivity index (χ0) is 25.8. The predicted octanol–water partition coefficient (Wildman–Crippen LogP) is 4.06. The van der Waals surface area contributed by atoms with Crippen molar-refractivity contribution in [3.05, 3.63) is 53.6 Å². The van der Waals surface area contributed by atoms with Gasteiger partial charge in [-0.05, 0) is 55.2 Å². The van der Waals surface area contributed by atoms with Crippen molar-refractivity contribution < 1.29 is 28.5 Å². The van der Waals surface area contributed by atoms with Crippen LogP contribution in [-0.2, 0) is 20.8 Å². The summed E-state index contributed by atoms with van der Waals surface area (Å²) in [5.74, 6) is 1.34. The molecule has 2 aromatic carbocycles. The van der Waals surface area contributed by atoms with E-state index in [4.69, 9.17) is 18.9 Å². The summed E-state index contributed by atoms with van der Waals surface area (Å²) in [5, 5.41) is 0. The fourth-order valence-corrected chi connectivity index (χ4v) is 5.10.